The van der Waals surface area contributed by atoms with Crippen LogP contribution in [0.25, 0.3) is 0 Å². The Labute approximate surface area is 135 Å². The maximum atomic E-state index is 10.5. The van der Waals surface area contributed by atoms with E-state index in [0.717, 1.165) is 32.1 Å². The number of aliphatic hydroxyl groups is 2. The minimum atomic E-state index is -0.361. The van der Waals surface area contributed by atoms with Crippen molar-refractivity contribution in [1.29, 1.82) is 0 Å². The van der Waals surface area contributed by atoms with Crippen molar-refractivity contribution in [3.8, 4) is 0 Å². The van der Waals surface area contributed by atoms with E-state index in [2.05, 4.69) is 33.4 Å². The number of rotatable bonds is 2. The van der Waals surface area contributed by atoms with Crippen molar-refractivity contribution in [2.24, 2.45) is 22.2 Å². The fourth-order valence-electron chi connectivity index (χ4n) is 5.82. The highest BCUT2D eigenvalue weighted by molar-refractivity contribution is 5.33. The third kappa shape index (κ3) is 2.14. The first-order valence-corrected chi connectivity index (χ1v) is 8.93. The van der Waals surface area contributed by atoms with Crippen LogP contribution in [0.4, 0.5) is 0 Å². The Hall–Kier alpha value is -0.600. The Morgan fingerprint density at radius 3 is 2.55 bits per heavy atom. The molecule has 2 N–H and O–H groups in total. The van der Waals surface area contributed by atoms with E-state index < -0.39 is 0 Å². The molecule has 1 saturated carbocycles. The molecule has 2 nitrogen and oxygen atoms in total. The normalized spacial score (nSPS) is 48.6. The van der Waals surface area contributed by atoms with Crippen LogP contribution in [0, 0.1) is 22.2 Å². The van der Waals surface area contributed by atoms with Crippen LogP contribution in [0.5, 0.6) is 0 Å². The van der Waals surface area contributed by atoms with Gasteiger partial charge in [-0.25, -0.2) is 0 Å². The fourth-order valence-corrected chi connectivity index (χ4v) is 5.82. The molecular formula is C20H32O2. The van der Waals surface area contributed by atoms with Gasteiger partial charge in [0.15, 0.2) is 0 Å². The molecule has 0 saturated heterocycles. The van der Waals surface area contributed by atoms with E-state index in [0.29, 0.717) is 5.92 Å². The third-order valence-electron chi connectivity index (χ3n) is 7.51. The van der Waals surface area contributed by atoms with Crippen molar-refractivity contribution in [3.63, 3.8) is 0 Å². The van der Waals surface area contributed by atoms with Gasteiger partial charge in [0.05, 0.1) is 12.7 Å². The number of hydrogen-bond acceptors (Lipinski definition) is 2. The number of aliphatic hydroxyl groups excluding tert-OH is 2. The van der Waals surface area contributed by atoms with Gasteiger partial charge in [-0.1, -0.05) is 38.0 Å². The van der Waals surface area contributed by atoms with Crippen LogP contribution < -0.4 is 0 Å². The summed E-state index contributed by atoms with van der Waals surface area (Å²) in [6.45, 7) is 11.0. The molecule has 0 aliphatic heterocycles. The molecule has 0 aromatic rings. The summed E-state index contributed by atoms with van der Waals surface area (Å²) >= 11 is 0. The highest BCUT2D eigenvalue weighted by Crippen LogP contribution is 2.62. The monoisotopic (exact) mass is 304 g/mol. The van der Waals surface area contributed by atoms with Crippen LogP contribution in [-0.4, -0.2) is 22.9 Å². The Morgan fingerprint density at radius 2 is 1.91 bits per heavy atom. The van der Waals surface area contributed by atoms with Crippen LogP contribution >= 0.6 is 0 Å². The summed E-state index contributed by atoms with van der Waals surface area (Å²) in [5.41, 5.74) is 3.41. The fraction of sp³-hybridized carbons (Fsp3) is 0.800. The van der Waals surface area contributed by atoms with Gasteiger partial charge in [0.25, 0.3) is 0 Å². The zero-order chi connectivity index (χ0) is 16.2. The van der Waals surface area contributed by atoms with E-state index >= 15 is 0 Å². The second kappa shape index (κ2) is 5.21. The highest BCUT2D eigenvalue weighted by atomic mass is 16.3. The average molecular weight is 304 g/mol. The zero-order valence-corrected chi connectivity index (χ0v) is 14.5. The van der Waals surface area contributed by atoms with Crippen molar-refractivity contribution in [2.45, 2.75) is 71.8 Å². The minimum absolute atomic E-state index is 0.0986. The molecule has 2 heteroatoms. The lowest BCUT2D eigenvalue weighted by molar-refractivity contribution is -0.124. The Morgan fingerprint density at radius 1 is 1.18 bits per heavy atom. The second-order valence-electron chi connectivity index (χ2n) is 8.84. The van der Waals surface area contributed by atoms with E-state index in [4.69, 9.17) is 0 Å². The van der Waals surface area contributed by atoms with Crippen LogP contribution in [0.3, 0.4) is 0 Å². The summed E-state index contributed by atoms with van der Waals surface area (Å²) in [6, 6.07) is 0. The van der Waals surface area contributed by atoms with Gasteiger partial charge in [-0.05, 0) is 61.7 Å². The molecule has 0 spiro atoms. The number of fused-ring (bicyclic) bond motifs is 2. The van der Waals surface area contributed by atoms with Crippen molar-refractivity contribution in [3.05, 3.63) is 23.8 Å². The summed E-state index contributed by atoms with van der Waals surface area (Å²) in [6.07, 6.45) is 9.44. The van der Waals surface area contributed by atoms with E-state index in [1.54, 1.807) is 11.1 Å². The van der Waals surface area contributed by atoms with Gasteiger partial charge in [0.2, 0.25) is 0 Å². The predicted octanol–water partition coefficient (Wildman–Crippen LogP) is 4.23. The van der Waals surface area contributed by atoms with Crippen LogP contribution in [0.15, 0.2) is 23.8 Å². The molecule has 3 aliphatic rings. The molecule has 3 aliphatic carbocycles. The molecule has 0 bridgehead atoms. The maximum absolute atomic E-state index is 10.5. The largest absolute Gasteiger partial charge is 0.396 e. The van der Waals surface area contributed by atoms with Gasteiger partial charge in [0, 0.05) is 5.41 Å². The van der Waals surface area contributed by atoms with Crippen LogP contribution in [0.1, 0.15) is 65.7 Å². The molecule has 0 radical (unpaired) electrons. The van der Waals surface area contributed by atoms with Crippen LogP contribution in [0.2, 0.25) is 0 Å². The van der Waals surface area contributed by atoms with Crippen molar-refractivity contribution >= 4 is 0 Å². The molecule has 5 atom stereocenters. The lowest BCUT2D eigenvalue weighted by Gasteiger charge is -2.59. The van der Waals surface area contributed by atoms with E-state index in [9.17, 15) is 10.2 Å². The molecule has 1 fully saturated rings. The van der Waals surface area contributed by atoms with Gasteiger partial charge in [-0.3, -0.25) is 0 Å². The van der Waals surface area contributed by atoms with Crippen molar-refractivity contribution < 1.29 is 10.2 Å². The van der Waals surface area contributed by atoms with Gasteiger partial charge < -0.3 is 10.2 Å². The topological polar surface area (TPSA) is 40.5 Å². The molecule has 3 rings (SSSR count). The smallest absolute Gasteiger partial charge is 0.0619 e. The second-order valence-corrected chi connectivity index (χ2v) is 8.84. The first-order chi connectivity index (χ1) is 10.3. The summed E-state index contributed by atoms with van der Waals surface area (Å²) in [4.78, 5) is 0. The third-order valence-corrected chi connectivity index (χ3v) is 7.51. The summed E-state index contributed by atoms with van der Waals surface area (Å²) in [5, 5.41) is 20.5. The molecule has 0 aromatic heterocycles. The van der Waals surface area contributed by atoms with Crippen molar-refractivity contribution in [2.75, 3.05) is 6.61 Å². The van der Waals surface area contributed by atoms with Crippen molar-refractivity contribution in [1.82, 2.24) is 0 Å². The zero-order valence-electron chi connectivity index (χ0n) is 14.5. The molecule has 124 valence electrons. The van der Waals surface area contributed by atoms with E-state index in [-0.39, 0.29) is 29.0 Å². The summed E-state index contributed by atoms with van der Waals surface area (Å²) < 4.78 is 0. The Bertz CT molecular complexity index is 508. The van der Waals surface area contributed by atoms with Gasteiger partial charge in [-0.15, -0.1) is 6.58 Å². The quantitative estimate of drug-likeness (QED) is 0.750. The molecule has 0 aromatic carbocycles. The Balaban J connectivity index is 2.00. The first kappa shape index (κ1) is 16.3. The molecule has 0 heterocycles. The lowest BCUT2D eigenvalue weighted by atomic mass is 9.47. The highest BCUT2D eigenvalue weighted by Gasteiger charge is 2.56. The lowest BCUT2D eigenvalue weighted by Crippen LogP contribution is -2.55. The summed E-state index contributed by atoms with van der Waals surface area (Å²) in [7, 11) is 0. The Kier molecular flexibility index (Phi) is 3.85. The molecule has 0 amide bonds. The maximum Gasteiger partial charge on any atom is 0.0619 e. The predicted molar refractivity (Wildman–Crippen MR) is 90.4 cm³/mol. The number of allylic oxidation sites excluding steroid dienone is 3. The average Bonchev–Trinajstić information content (AvgIpc) is 2.51. The molecule has 0 unspecified atom stereocenters. The van der Waals surface area contributed by atoms with Gasteiger partial charge >= 0.3 is 0 Å². The number of hydrogen-bond donors (Lipinski definition) is 2. The van der Waals surface area contributed by atoms with E-state index in [1.807, 2.05) is 0 Å². The SMILES string of the molecule is C=C[C@@]1(C)CCC2=C(CC[C@@H]3[C@](C)(CO)[C@H](O)CC[C@@]23C)C1. The first-order valence-electron chi connectivity index (χ1n) is 8.93. The minimum Gasteiger partial charge on any atom is -0.396 e. The van der Waals surface area contributed by atoms with Gasteiger partial charge in [0.1, 0.15) is 0 Å². The summed E-state index contributed by atoms with van der Waals surface area (Å²) in [5.74, 6) is 0.403. The van der Waals surface area contributed by atoms with E-state index in [1.165, 1.54) is 12.8 Å². The molecular weight excluding hydrogens is 272 g/mol. The van der Waals surface area contributed by atoms with Gasteiger partial charge in [-0.2, -0.15) is 0 Å². The molecule has 22 heavy (non-hydrogen) atoms. The van der Waals surface area contributed by atoms with Crippen LogP contribution in [-0.2, 0) is 0 Å². The standard InChI is InChI=1S/C20H32O2/c1-5-18(2)10-8-15-14(12-18)6-7-16-19(15,3)11-9-17(22)20(16,4)13-21/h5,16-17,21-22H,1,6-13H2,2-4H3/t16-,17+,18-,19-,20-/m0/s1.